The van der Waals surface area contributed by atoms with E-state index in [1.807, 2.05) is 56.2 Å². The van der Waals surface area contributed by atoms with E-state index in [4.69, 9.17) is 4.98 Å². The molecule has 1 aromatic carbocycles. The molecule has 4 rings (SSSR count). The van der Waals surface area contributed by atoms with Crippen molar-refractivity contribution >= 4 is 0 Å². The summed E-state index contributed by atoms with van der Waals surface area (Å²) in [5.41, 5.74) is 4.21. The Labute approximate surface area is 159 Å². The molecular formula is C22H23N5. The normalized spacial score (nSPS) is 12.2. The van der Waals surface area contributed by atoms with Gasteiger partial charge in [-0.2, -0.15) is 0 Å². The Hall–Kier alpha value is -3.21. The van der Waals surface area contributed by atoms with E-state index in [1.54, 1.807) is 6.20 Å². The highest BCUT2D eigenvalue weighted by Gasteiger charge is 2.24. The van der Waals surface area contributed by atoms with E-state index in [1.165, 1.54) is 0 Å². The number of hydrogen-bond acceptors (Lipinski definition) is 3. The predicted molar refractivity (Wildman–Crippen MR) is 107 cm³/mol. The van der Waals surface area contributed by atoms with Gasteiger partial charge in [-0.15, -0.1) is 0 Å². The van der Waals surface area contributed by atoms with Crippen LogP contribution in [0.15, 0.2) is 73.6 Å². The maximum Gasteiger partial charge on any atom is 0.131 e. The van der Waals surface area contributed by atoms with Gasteiger partial charge in [-0.1, -0.05) is 43.7 Å². The Balaban J connectivity index is 1.93. The van der Waals surface area contributed by atoms with Gasteiger partial charge in [0, 0.05) is 43.0 Å². The number of pyridine rings is 1. The van der Waals surface area contributed by atoms with E-state index in [-0.39, 0.29) is 6.04 Å². The summed E-state index contributed by atoms with van der Waals surface area (Å²) >= 11 is 0. The molecule has 5 nitrogen and oxygen atoms in total. The van der Waals surface area contributed by atoms with Crippen LogP contribution in [-0.2, 0) is 7.05 Å². The van der Waals surface area contributed by atoms with Crippen LogP contribution >= 0.6 is 0 Å². The van der Waals surface area contributed by atoms with Crippen molar-refractivity contribution in [3.8, 4) is 22.5 Å². The summed E-state index contributed by atoms with van der Waals surface area (Å²) in [6.45, 7) is 2.20. The second kappa shape index (κ2) is 7.58. The van der Waals surface area contributed by atoms with E-state index in [9.17, 15) is 0 Å². The lowest BCUT2D eigenvalue weighted by atomic mass is 10.0. The molecule has 0 saturated heterocycles. The Morgan fingerprint density at radius 1 is 0.963 bits per heavy atom. The number of benzene rings is 1. The summed E-state index contributed by atoms with van der Waals surface area (Å²) in [7, 11) is 2.05. The highest BCUT2D eigenvalue weighted by molar-refractivity contribution is 5.78. The molecule has 4 aromatic rings. The molecular weight excluding hydrogens is 334 g/mol. The average molecular weight is 357 g/mol. The van der Waals surface area contributed by atoms with Gasteiger partial charge in [0.2, 0.25) is 0 Å². The fourth-order valence-corrected chi connectivity index (χ4v) is 3.56. The first-order valence-electron chi connectivity index (χ1n) is 9.29. The zero-order chi connectivity index (χ0) is 18.6. The van der Waals surface area contributed by atoms with Crippen molar-refractivity contribution in [1.82, 2.24) is 24.1 Å². The van der Waals surface area contributed by atoms with Crippen molar-refractivity contribution < 1.29 is 0 Å². The van der Waals surface area contributed by atoms with Crippen LogP contribution in [0.4, 0.5) is 0 Å². The molecule has 3 aromatic heterocycles. The molecule has 5 heteroatoms. The van der Waals surface area contributed by atoms with Crippen molar-refractivity contribution in [3.05, 3.63) is 79.4 Å². The van der Waals surface area contributed by atoms with Crippen LogP contribution in [0.3, 0.4) is 0 Å². The van der Waals surface area contributed by atoms with Gasteiger partial charge in [0.1, 0.15) is 5.82 Å². The van der Waals surface area contributed by atoms with E-state index < -0.39 is 0 Å². The number of aromatic nitrogens is 5. The Bertz CT molecular complexity index is 1000. The van der Waals surface area contributed by atoms with Crippen molar-refractivity contribution in [1.29, 1.82) is 0 Å². The molecule has 0 saturated carbocycles. The number of rotatable bonds is 6. The maximum absolute atomic E-state index is 4.80. The first-order chi connectivity index (χ1) is 13.3. The van der Waals surface area contributed by atoms with Crippen LogP contribution < -0.4 is 0 Å². The van der Waals surface area contributed by atoms with Gasteiger partial charge >= 0.3 is 0 Å². The van der Waals surface area contributed by atoms with Gasteiger partial charge in [-0.3, -0.25) is 4.98 Å². The molecule has 0 bridgehead atoms. The van der Waals surface area contributed by atoms with Crippen LogP contribution in [0.5, 0.6) is 0 Å². The van der Waals surface area contributed by atoms with Gasteiger partial charge in [-0.25, -0.2) is 9.97 Å². The molecule has 0 aliphatic heterocycles. The predicted octanol–water partition coefficient (Wildman–Crippen LogP) is 4.74. The lowest BCUT2D eigenvalue weighted by Crippen LogP contribution is -2.15. The van der Waals surface area contributed by atoms with E-state index in [0.29, 0.717) is 0 Å². The minimum Gasteiger partial charge on any atom is -0.336 e. The monoisotopic (exact) mass is 357 g/mol. The second-order valence-corrected chi connectivity index (χ2v) is 6.66. The summed E-state index contributed by atoms with van der Waals surface area (Å²) in [6, 6.07) is 14.5. The number of aryl methyl sites for hydroxylation is 1. The lowest BCUT2D eigenvalue weighted by molar-refractivity contribution is 0.495. The quantitative estimate of drug-likeness (QED) is 0.501. The van der Waals surface area contributed by atoms with Crippen molar-refractivity contribution in [2.45, 2.75) is 25.8 Å². The molecule has 0 unspecified atom stereocenters. The molecule has 136 valence electrons. The fraction of sp³-hybridized carbons (Fsp3) is 0.227. The first-order valence-corrected chi connectivity index (χ1v) is 9.29. The Morgan fingerprint density at radius 3 is 2.44 bits per heavy atom. The van der Waals surface area contributed by atoms with Gasteiger partial charge in [-0.05, 0) is 18.6 Å². The molecule has 0 spiro atoms. The molecule has 0 N–H and O–H groups in total. The van der Waals surface area contributed by atoms with E-state index >= 15 is 0 Å². The highest BCUT2D eigenvalue weighted by atomic mass is 15.2. The fourth-order valence-electron chi connectivity index (χ4n) is 3.56. The Morgan fingerprint density at radius 2 is 1.78 bits per heavy atom. The summed E-state index contributed by atoms with van der Waals surface area (Å²) in [4.78, 5) is 13.8. The maximum atomic E-state index is 4.80. The minimum absolute atomic E-state index is 0.121. The van der Waals surface area contributed by atoms with Crippen LogP contribution in [0, 0.1) is 0 Å². The van der Waals surface area contributed by atoms with Crippen molar-refractivity contribution in [3.63, 3.8) is 0 Å². The molecule has 27 heavy (non-hydrogen) atoms. The standard InChI is InChI=1S/C22H23N5/c1-3-8-19(22-24-13-14-26(22)2)27-16-25-20(17-9-5-4-6-10-17)21(27)18-11-7-12-23-15-18/h4-7,9-16,19H,3,8H2,1-2H3/t19-/m0/s1. The zero-order valence-corrected chi connectivity index (χ0v) is 15.7. The molecule has 0 aliphatic rings. The summed E-state index contributed by atoms with van der Waals surface area (Å²) in [6.07, 6.45) is 11.6. The van der Waals surface area contributed by atoms with Crippen LogP contribution in [-0.4, -0.2) is 24.1 Å². The largest absolute Gasteiger partial charge is 0.336 e. The zero-order valence-electron chi connectivity index (χ0n) is 15.7. The number of imidazole rings is 2. The summed E-state index contributed by atoms with van der Waals surface area (Å²) in [5, 5.41) is 0. The molecule has 0 amide bonds. The Kier molecular flexibility index (Phi) is 4.83. The number of hydrogen-bond donors (Lipinski definition) is 0. The van der Waals surface area contributed by atoms with Crippen LogP contribution in [0.25, 0.3) is 22.5 Å². The second-order valence-electron chi connectivity index (χ2n) is 6.66. The van der Waals surface area contributed by atoms with E-state index in [0.717, 1.165) is 41.2 Å². The molecule has 0 aliphatic carbocycles. The van der Waals surface area contributed by atoms with Gasteiger partial charge in [0.05, 0.1) is 23.8 Å². The number of nitrogens with zero attached hydrogens (tertiary/aromatic N) is 5. The van der Waals surface area contributed by atoms with Crippen molar-refractivity contribution in [2.24, 2.45) is 7.05 Å². The van der Waals surface area contributed by atoms with E-state index in [2.05, 4.69) is 44.2 Å². The first kappa shape index (κ1) is 17.2. The third-order valence-electron chi connectivity index (χ3n) is 4.83. The van der Waals surface area contributed by atoms with Gasteiger partial charge < -0.3 is 9.13 Å². The third kappa shape index (κ3) is 3.28. The smallest absolute Gasteiger partial charge is 0.131 e. The molecule has 0 radical (unpaired) electrons. The minimum atomic E-state index is 0.121. The van der Waals surface area contributed by atoms with Gasteiger partial charge in [0.25, 0.3) is 0 Å². The summed E-state index contributed by atoms with van der Waals surface area (Å²) < 4.78 is 4.35. The molecule has 3 heterocycles. The lowest BCUT2D eigenvalue weighted by Gasteiger charge is -2.21. The SMILES string of the molecule is CCC[C@@H](c1nccn1C)n1cnc(-c2ccccc2)c1-c1cccnc1. The average Bonchev–Trinajstić information content (AvgIpc) is 3.34. The molecule has 1 atom stereocenters. The topological polar surface area (TPSA) is 48.5 Å². The van der Waals surface area contributed by atoms with Crippen LogP contribution in [0.2, 0.25) is 0 Å². The van der Waals surface area contributed by atoms with Crippen molar-refractivity contribution in [2.75, 3.05) is 0 Å². The third-order valence-corrected chi connectivity index (χ3v) is 4.83. The highest BCUT2D eigenvalue weighted by Crippen LogP contribution is 2.35. The van der Waals surface area contributed by atoms with Crippen LogP contribution in [0.1, 0.15) is 31.6 Å². The van der Waals surface area contributed by atoms with Gasteiger partial charge in [0.15, 0.2) is 0 Å². The summed E-state index contributed by atoms with van der Waals surface area (Å²) in [5.74, 6) is 1.04. The molecule has 0 fully saturated rings.